The van der Waals surface area contributed by atoms with Crippen LogP contribution in [0.1, 0.15) is 34.1 Å². The highest BCUT2D eigenvalue weighted by atomic mass is 32.2. The molecule has 0 radical (unpaired) electrons. The molecule has 1 amide bonds. The molecule has 0 saturated heterocycles. The minimum atomic E-state index is -2.66. The van der Waals surface area contributed by atoms with E-state index in [0.717, 1.165) is 6.42 Å². The van der Waals surface area contributed by atoms with Crippen molar-refractivity contribution >= 4 is 27.3 Å². The third-order valence-electron chi connectivity index (χ3n) is 2.68. The molecule has 0 heterocycles. The van der Waals surface area contributed by atoms with Crippen LogP contribution in [0.4, 0.5) is 0 Å². The van der Waals surface area contributed by atoms with E-state index in [9.17, 15) is 13.8 Å². The molecule has 1 aromatic carbocycles. The smallest absolute Gasteiger partial charge is 0.228 e. The predicted molar refractivity (Wildman–Crippen MR) is 91.9 cm³/mol. The molecule has 1 aromatic rings. The fourth-order valence-corrected chi connectivity index (χ4v) is 2.78. The molecule has 2 unspecified atom stereocenters. The maximum Gasteiger partial charge on any atom is 0.228 e. The van der Waals surface area contributed by atoms with Crippen LogP contribution in [0.2, 0.25) is 0 Å². The molecule has 2 atom stereocenters. The molecule has 0 spiro atoms. The number of carbonyl (C=O) groups is 2. The zero-order valence-electron chi connectivity index (χ0n) is 13.7. The van der Waals surface area contributed by atoms with Crippen molar-refractivity contribution in [2.75, 3.05) is 0 Å². The molecule has 1 rings (SSSR count). The van der Waals surface area contributed by atoms with Gasteiger partial charge in [-0.2, -0.15) is 0 Å². The molecular formula is C16H26N2O3S. The number of rotatable bonds is 5. The van der Waals surface area contributed by atoms with E-state index >= 15 is 0 Å². The van der Waals surface area contributed by atoms with Gasteiger partial charge in [0.05, 0.1) is 15.7 Å². The molecule has 22 heavy (non-hydrogen) atoms. The summed E-state index contributed by atoms with van der Waals surface area (Å²) in [5.74, 6) is 3.74. The van der Waals surface area contributed by atoms with Gasteiger partial charge >= 0.3 is 0 Å². The fourth-order valence-electron chi connectivity index (χ4n) is 1.61. The van der Waals surface area contributed by atoms with Crippen molar-refractivity contribution in [2.24, 2.45) is 11.7 Å². The van der Waals surface area contributed by atoms with E-state index in [1.165, 1.54) is 13.8 Å². The van der Waals surface area contributed by atoms with Gasteiger partial charge in [0.15, 0.2) is 0 Å². The van der Waals surface area contributed by atoms with Crippen LogP contribution >= 0.6 is 0 Å². The van der Waals surface area contributed by atoms with Crippen LogP contribution in [-0.4, -0.2) is 27.8 Å². The third kappa shape index (κ3) is 8.59. The number of Topliss-reactive ketones (excluding diaryl/α,β-unsaturated/α-hetero) is 1. The van der Waals surface area contributed by atoms with E-state index in [1.807, 2.05) is 6.07 Å². The van der Waals surface area contributed by atoms with Crippen molar-refractivity contribution in [3.05, 3.63) is 30.3 Å². The molecule has 0 bridgehead atoms. The standard InChI is InChI=1S/C9H11NO2S.C7H15NO/c1-8(11)10-13(2,12)9-6-4-3-5-7-9;1-5(2)4-7(8)6(3)9/h3-7H,2H2,1H3,(H,10,11,12);5,7H,4,8H2,1-3H3. The second-order valence-corrected chi connectivity index (χ2v) is 7.52. The summed E-state index contributed by atoms with van der Waals surface area (Å²) in [5.41, 5.74) is 5.47. The summed E-state index contributed by atoms with van der Waals surface area (Å²) in [6.45, 7) is 6.96. The Bertz CT molecular complexity index is 581. The largest absolute Gasteiger partial charge is 0.322 e. The molecule has 0 saturated carbocycles. The van der Waals surface area contributed by atoms with Gasteiger partial charge in [0, 0.05) is 11.8 Å². The summed E-state index contributed by atoms with van der Waals surface area (Å²) in [7, 11) is -2.66. The van der Waals surface area contributed by atoms with Gasteiger partial charge in [-0.1, -0.05) is 32.0 Å². The van der Waals surface area contributed by atoms with E-state index in [2.05, 4.69) is 24.4 Å². The van der Waals surface area contributed by atoms with Crippen molar-refractivity contribution in [3.8, 4) is 0 Å². The van der Waals surface area contributed by atoms with Crippen molar-refractivity contribution in [1.29, 1.82) is 0 Å². The van der Waals surface area contributed by atoms with Gasteiger partial charge in [-0.15, -0.1) is 0 Å². The zero-order valence-corrected chi connectivity index (χ0v) is 14.5. The Morgan fingerprint density at radius 3 is 2.05 bits per heavy atom. The summed E-state index contributed by atoms with van der Waals surface area (Å²) < 4.78 is 14.1. The van der Waals surface area contributed by atoms with Gasteiger partial charge in [0.25, 0.3) is 0 Å². The van der Waals surface area contributed by atoms with E-state index in [0.29, 0.717) is 10.8 Å². The maximum atomic E-state index is 11.8. The molecule has 0 aliphatic heterocycles. The second-order valence-electron chi connectivity index (χ2n) is 5.49. The first-order chi connectivity index (χ1) is 10.1. The number of carbonyl (C=O) groups excluding carboxylic acids is 2. The molecule has 3 N–H and O–H groups in total. The number of nitrogens with one attached hydrogen (secondary N) is 1. The van der Waals surface area contributed by atoms with Crippen LogP contribution in [-0.2, 0) is 19.3 Å². The average Bonchev–Trinajstić information content (AvgIpc) is 2.38. The molecule has 6 heteroatoms. The van der Waals surface area contributed by atoms with Gasteiger partial charge in [0.1, 0.15) is 5.78 Å². The topological polar surface area (TPSA) is 89.3 Å². The summed E-state index contributed by atoms with van der Waals surface area (Å²) in [6.07, 6.45) is 0.801. The summed E-state index contributed by atoms with van der Waals surface area (Å²) >= 11 is 0. The van der Waals surface area contributed by atoms with Crippen molar-refractivity contribution in [1.82, 2.24) is 4.72 Å². The molecule has 0 aliphatic rings. The number of benzene rings is 1. The Hall–Kier alpha value is -1.66. The van der Waals surface area contributed by atoms with Crippen LogP contribution in [0.3, 0.4) is 0 Å². The number of amides is 1. The minimum absolute atomic E-state index is 0.0868. The Morgan fingerprint density at radius 1 is 1.23 bits per heavy atom. The Labute approximate surface area is 133 Å². The summed E-state index contributed by atoms with van der Waals surface area (Å²) in [6, 6.07) is 8.41. The van der Waals surface area contributed by atoms with Gasteiger partial charge in [0.2, 0.25) is 5.91 Å². The highest BCUT2D eigenvalue weighted by Crippen LogP contribution is 2.06. The SMILES string of the molecule is C=S(=O)(NC(C)=O)c1ccccc1.CC(=O)C(N)CC(C)C. The summed E-state index contributed by atoms with van der Waals surface area (Å²) in [5, 5.41) is 0. The normalized spacial score (nSPS) is 14.3. The van der Waals surface area contributed by atoms with E-state index in [4.69, 9.17) is 5.73 Å². The minimum Gasteiger partial charge on any atom is -0.322 e. The molecule has 5 nitrogen and oxygen atoms in total. The number of nitrogens with two attached hydrogens (primary N) is 1. The second kappa shape index (κ2) is 9.38. The van der Waals surface area contributed by atoms with E-state index < -0.39 is 9.71 Å². The molecule has 0 fully saturated rings. The van der Waals surface area contributed by atoms with Gasteiger partial charge in [-0.25, -0.2) is 4.21 Å². The lowest BCUT2D eigenvalue weighted by Gasteiger charge is -2.08. The van der Waals surface area contributed by atoms with Crippen molar-refractivity contribution < 1.29 is 13.8 Å². The number of hydrogen-bond acceptors (Lipinski definition) is 4. The molecule has 124 valence electrons. The first kappa shape index (κ1) is 20.3. The summed E-state index contributed by atoms with van der Waals surface area (Å²) in [4.78, 5) is 21.8. The maximum absolute atomic E-state index is 11.8. The number of hydrogen-bond donors (Lipinski definition) is 2. The monoisotopic (exact) mass is 326 g/mol. The average molecular weight is 326 g/mol. The lowest BCUT2D eigenvalue weighted by molar-refractivity contribution is -0.118. The Balaban J connectivity index is 0.000000433. The molecule has 0 aliphatic carbocycles. The predicted octanol–water partition coefficient (Wildman–Crippen LogP) is 1.76. The van der Waals surface area contributed by atoms with Crippen LogP contribution in [0.25, 0.3) is 0 Å². The van der Waals surface area contributed by atoms with Crippen LogP contribution < -0.4 is 10.5 Å². The van der Waals surface area contributed by atoms with Crippen molar-refractivity contribution in [2.45, 2.75) is 45.1 Å². The first-order valence-electron chi connectivity index (χ1n) is 7.03. The van der Waals surface area contributed by atoms with E-state index in [-0.39, 0.29) is 17.7 Å². The zero-order chi connectivity index (χ0) is 17.3. The Morgan fingerprint density at radius 2 is 1.73 bits per heavy atom. The number of ketones is 1. The lowest BCUT2D eigenvalue weighted by Crippen LogP contribution is -2.29. The highest BCUT2D eigenvalue weighted by molar-refractivity contribution is 7.99. The lowest BCUT2D eigenvalue weighted by atomic mass is 10.0. The van der Waals surface area contributed by atoms with E-state index in [1.54, 1.807) is 24.3 Å². The fraction of sp³-hybridized carbons (Fsp3) is 0.438. The Kier molecular flexibility index (Phi) is 8.67. The van der Waals surface area contributed by atoms with Crippen LogP contribution in [0.5, 0.6) is 0 Å². The van der Waals surface area contributed by atoms with Gasteiger partial charge < -0.3 is 5.73 Å². The highest BCUT2D eigenvalue weighted by Gasteiger charge is 2.09. The first-order valence-corrected chi connectivity index (χ1v) is 8.75. The molecular weight excluding hydrogens is 300 g/mol. The van der Waals surface area contributed by atoms with Crippen LogP contribution in [0.15, 0.2) is 35.2 Å². The quantitative estimate of drug-likeness (QED) is 0.807. The third-order valence-corrected chi connectivity index (χ3v) is 4.33. The van der Waals surface area contributed by atoms with Crippen molar-refractivity contribution in [3.63, 3.8) is 0 Å². The van der Waals surface area contributed by atoms with Gasteiger partial charge in [-0.3, -0.25) is 14.3 Å². The van der Waals surface area contributed by atoms with Crippen LogP contribution in [0, 0.1) is 5.92 Å². The molecule has 0 aromatic heterocycles. The van der Waals surface area contributed by atoms with Gasteiger partial charge in [-0.05, 0) is 37.3 Å².